The van der Waals surface area contributed by atoms with E-state index in [1.807, 2.05) is 11.0 Å². The molecule has 4 heterocycles. The van der Waals surface area contributed by atoms with Crippen LogP contribution in [-0.4, -0.2) is 76.7 Å². The second-order valence-electron chi connectivity index (χ2n) is 10.4. The molecule has 1 saturated heterocycles. The fraction of sp³-hybridized carbons (Fsp3) is 0.333. The number of rotatable bonds is 10. The number of piperazine rings is 1. The predicted octanol–water partition coefficient (Wildman–Crippen LogP) is 5.35. The number of aryl methyl sites for hydroxylation is 1. The third kappa shape index (κ3) is 7.05. The number of carbonyl (C=O) groups is 1. The average Bonchev–Trinajstić information content (AvgIpc) is 3.07. The highest BCUT2D eigenvalue weighted by Crippen LogP contribution is 2.36. The van der Waals surface area contributed by atoms with Crippen molar-refractivity contribution < 1.29 is 18.3 Å². The molecule has 0 unspecified atom stereocenters. The summed E-state index contributed by atoms with van der Waals surface area (Å²) < 4.78 is 35.3. The number of hydrogen-bond acceptors (Lipinski definition) is 10. The quantitative estimate of drug-likeness (QED) is 0.103. The van der Waals surface area contributed by atoms with Crippen LogP contribution < -0.4 is 10.2 Å². The Hall–Kier alpha value is -5.16. The zero-order valence-electron chi connectivity index (χ0n) is 24.9. The number of ether oxygens (including phenoxy) is 1. The number of nitrogens with zero attached hydrogens (tertiary/aromatic N) is 10. The summed E-state index contributed by atoms with van der Waals surface area (Å²) >= 11 is 6.64. The van der Waals surface area contributed by atoms with Crippen molar-refractivity contribution in [3.05, 3.63) is 80.6 Å². The summed E-state index contributed by atoms with van der Waals surface area (Å²) in [5, 5.41) is 16.1. The molecule has 236 valence electrons. The van der Waals surface area contributed by atoms with E-state index in [1.165, 1.54) is 36.7 Å². The first-order valence-corrected chi connectivity index (χ1v) is 14.6. The van der Waals surface area contributed by atoms with E-state index in [0.29, 0.717) is 54.6 Å². The van der Waals surface area contributed by atoms with Crippen molar-refractivity contribution in [3.63, 3.8) is 0 Å². The molecule has 13 nitrogen and oxygen atoms in total. The third-order valence-electron chi connectivity index (χ3n) is 7.42. The summed E-state index contributed by atoms with van der Waals surface area (Å²) in [6.07, 6.45) is 2.94. The van der Waals surface area contributed by atoms with Crippen LogP contribution in [-0.2, 0) is 9.53 Å². The van der Waals surface area contributed by atoms with Crippen LogP contribution in [0.2, 0.25) is 5.02 Å². The van der Waals surface area contributed by atoms with Gasteiger partial charge in [0.1, 0.15) is 23.6 Å². The smallest absolute Gasteiger partial charge is 0.248 e. The molecule has 46 heavy (non-hydrogen) atoms. The molecule has 1 aromatic carbocycles. The van der Waals surface area contributed by atoms with Crippen molar-refractivity contribution in [3.8, 4) is 17.3 Å². The van der Waals surface area contributed by atoms with Crippen LogP contribution in [0.3, 0.4) is 0 Å². The van der Waals surface area contributed by atoms with Crippen molar-refractivity contribution in [2.45, 2.75) is 19.9 Å². The van der Waals surface area contributed by atoms with Gasteiger partial charge in [-0.3, -0.25) is 4.79 Å². The van der Waals surface area contributed by atoms with Crippen LogP contribution in [0.1, 0.15) is 29.8 Å². The largest absolute Gasteiger partial charge is 0.375 e. The van der Waals surface area contributed by atoms with Gasteiger partial charge in [0.2, 0.25) is 11.9 Å². The van der Waals surface area contributed by atoms with Gasteiger partial charge >= 0.3 is 0 Å². The number of azide groups is 1. The summed E-state index contributed by atoms with van der Waals surface area (Å²) in [6, 6.07) is 6.71. The van der Waals surface area contributed by atoms with E-state index in [9.17, 15) is 14.4 Å². The van der Waals surface area contributed by atoms with E-state index in [4.69, 9.17) is 21.9 Å². The molecule has 0 saturated carbocycles. The summed E-state index contributed by atoms with van der Waals surface area (Å²) in [5.41, 5.74) is 10.4. The molecule has 16 heteroatoms. The van der Waals surface area contributed by atoms with Gasteiger partial charge in [-0.1, -0.05) is 16.7 Å². The van der Waals surface area contributed by atoms with Gasteiger partial charge in [-0.2, -0.15) is 5.26 Å². The summed E-state index contributed by atoms with van der Waals surface area (Å²) in [5.74, 6) is -0.883. The Balaban J connectivity index is 1.34. The minimum Gasteiger partial charge on any atom is -0.375 e. The highest BCUT2D eigenvalue weighted by Gasteiger charge is 2.24. The van der Waals surface area contributed by atoms with Crippen LogP contribution in [0.25, 0.3) is 32.7 Å². The lowest BCUT2D eigenvalue weighted by molar-refractivity contribution is -0.136. The first-order chi connectivity index (χ1) is 22.2. The van der Waals surface area contributed by atoms with Crippen LogP contribution in [0.15, 0.2) is 41.8 Å². The second-order valence-corrected chi connectivity index (χ2v) is 10.8. The highest BCUT2D eigenvalue weighted by molar-refractivity contribution is 6.35. The van der Waals surface area contributed by atoms with E-state index in [0.717, 1.165) is 0 Å². The van der Waals surface area contributed by atoms with Crippen LogP contribution in [0, 0.1) is 29.9 Å². The number of benzene rings is 1. The number of anilines is 2. The van der Waals surface area contributed by atoms with Gasteiger partial charge in [-0.15, -0.1) is 0 Å². The normalized spacial score (nSPS) is 13.7. The van der Waals surface area contributed by atoms with E-state index in [-0.39, 0.29) is 53.0 Å². The summed E-state index contributed by atoms with van der Waals surface area (Å²) in [6.45, 7) is 5.47. The molecular weight excluding hydrogens is 620 g/mol. The van der Waals surface area contributed by atoms with E-state index < -0.39 is 17.7 Å². The molecule has 0 spiro atoms. The minimum atomic E-state index is -0.640. The van der Waals surface area contributed by atoms with Gasteiger partial charge in [0, 0.05) is 67.2 Å². The average molecular weight is 648 g/mol. The van der Waals surface area contributed by atoms with Crippen LogP contribution in [0.4, 0.5) is 20.4 Å². The van der Waals surface area contributed by atoms with E-state index in [2.05, 4.69) is 35.3 Å². The summed E-state index contributed by atoms with van der Waals surface area (Å²) in [7, 11) is 0. The number of carbonyl (C=O) groups excluding carboxylic acids is 1. The Morgan fingerprint density at radius 3 is 2.63 bits per heavy atom. The third-order valence-corrected chi connectivity index (χ3v) is 7.88. The van der Waals surface area contributed by atoms with E-state index >= 15 is 4.39 Å². The Labute approximate surface area is 267 Å². The van der Waals surface area contributed by atoms with Gasteiger partial charge in [-0.05, 0) is 37.6 Å². The lowest BCUT2D eigenvalue weighted by Crippen LogP contribution is -2.50. The van der Waals surface area contributed by atoms with Crippen LogP contribution in [0.5, 0.6) is 0 Å². The molecule has 1 amide bonds. The molecule has 1 aliphatic rings. The fourth-order valence-electron chi connectivity index (χ4n) is 5.00. The Kier molecular flexibility index (Phi) is 10.0. The fourth-order valence-corrected chi connectivity index (χ4v) is 5.19. The Morgan fingerprint density at radius 2 is 1.93 bits per heavy atom. The van der Waals surface area contributed by atoms with Gasteiger partial charge in [0.15, 0.2) is 5.82 Å². The van der Waals surface area contributed by atoms with Gasteiger partial charge in [0.25, 0.3) is 0 Å². The molecule has 5 rings (SSSR count). The maximum absolute atomic E-state index is 15.4. The number of hydrogen-bond donors (Lipinski definition) is 1. The van der Waals surface area contributed by atoms with Crippen molar-refractivity contribution >= 4 is 40.2 Å². The second kappa shape index (κ2) is 14.3. The molecule has 1 atom stereocenters. The number of aromatic nitrogens is 4. The SMILES string of the molecule is Cc1nc2cc(F)c(-c3cnc(N4CCN(C(=O)COCCN=[N+]=[N-])CC4)nc3)nc2c(N[C@@H](C)c2cc(C#N)ccc2F)c1Cl. The van der Waals surface area contributed by atoms with Gasteiger partial charge in [-0.25, -0.2) is 28.7 Å². The van der Waals surface area contributed by atoms with Crippen molar-refractivity contribution in [2.75, 3.05) is 56.2 Å². The number of pyridine rings is 2. The first-order valence-electron chi connectivity index (χ1n) is 14.3. The molecule has 1 fully saturated rings. The molecular formula is C30H28ClF2N11O2. The van der Waals surface area contributed by atoms with Crippen LogP contribution >= 0.6 is 11.6 Å². The predicted molar refractivity (Wildman–Crippen MR) is 167 cm³/mol. The zero-order chi connectivity index (χ0) is 32.8. The molecule has 0 radical (unpaired) electrons. The Bertz CT molecular complexity index is 1860. The van der Waals surface area contributed by atoms with Gasteiger partial charge < -0.3 is 19.9 Å². The van der Waals surface area contributed by atoms with E-state index in [1.54, 1.807) is 18.7 Å². The number of nitrogens with one attached hydrogen (secondary N) is 1. The molecule has 4 aromatic rings. The number of amides is 1. The molecule has 1 aliphatic heterocycles. The number of nitriles is 1. The van der Waals surface area contributed by atoms with Gasteiger partial charge in [0.05, 0.1) is 46.2 Å². The molecule has 0 bridgehead atoms. The first kappa shape index (κ1) is 32.2. The van der Waals surface area contributed by atoms with Crippen molar-refractivity contribution in [2.24, 2.45) is 5.11 Å². The number of fused-ring (bicyclic) bond motifs is 1. The zero-order valence-corrected chi connectivity index (χ0v) is 25.7. The highest BCUT2D eigenvalue weighted by atomic mass is 35.5. The standard InChI is InChI=1S/C30H28ClF2N11O2/c1-17(21-11-19(13-34)3-4-22(21)32)40-29-26(31)18(2)39-24-12-23(33)27(41-28(24)29)20-14-36-30(37-15-20)44-8-6-43(7-9-44)25(45)16-46-10-5-38-42-35/h3-4,11-12,14-15,17H,5-10,16H2,1-2H3,(H,39,40)/t17-/m0/s1. The van der Waals surface area contributed by atoms with Crippen molar-refractivity contribution in [1.82, 2.24) is 24.8 Å². The number of halogens is 3. The van der Waals surface area contributed by atoms with Crippen molar-refractivity contribution in [1.29, 1.82) is 5.26 Å². The molecule has 3 aromatic heterocycles. The lowest BCUT2D eigenvalue weighted by Gasteiger charge is -2.34. The topological polar surface area (TPSA) is 169 Å². The lowest BCUT2D eigenvalue weighted by atomic mass is 10.0. The minimum absolute atomic E-state index is 0.0231. The maximum Gasteiger partial charge on any atom is 0.248 e. The molecule has 1 N–H and O–H groups in total. The maximum atomic E-state index is 15.4. The molecule has 0 aliphatic carbocycles. The Morgan fingerprint density at radius 1 is 1.20 bits per heavy atom. The monoisotopic (exact) mass is 647 g/mol. The summed E-state index contributed by atoms with van der Waals surface area (Å²) in [4.78, 5) is 36.4.